The Balaban J connectivity index is 2.14. The Hall–Kier alpha value is -3.06. The van der Waals surface area contributed by atoms with Crippen LogP contribution in [0.3, 0.4) is 0 Å². The minimum Gasteiger partial charge on any atom is -0.480 e. The number of rotatable bonds is 6. The highest BCUT2D eigenvalue weighted by atomic mass is 35.5. The van der Waals surface area contributed by atoms with Crippen LogP contribution >= 0.6 is 11.6 Å². The lowest BCUT2D eigenvalue weighted by Gasteiger charge is -2.10. The number of halogens is 1. The summed E-state index contributed by atoms with van der Waals surface area (Å²) in [7, 11) is 2.38. The van der Waals surface area contributed by atoms with Crippen molar-refractivity contribution in [2.75, 3.05) is 20.8 Å². The highest BCUT2D eigenvalue weighted by Gasteiger charge is 2.16. The highest BCUT2D eigenvalue weighted by molar-refractivity contribution is 6.32. The monoisotopic (exact) mass is 378 g/mol. The van der Waals surface area contributed by atoms with E-state index in [0.717, 1.165) is 0 Å². The van der Waals surface area contributed by atoms with Gasteiger partial charge in [0.25, 0.3) is 0 Å². The van der Waals surface area contributed by atoms with Crippen molar-refractivity contribution in [3.63, 3.8) is 0 Å². The molecule has 0 atom stereocenters. The van der Waals surface area contributed by atoms with Crippen LogP contribution < -0.4 is 9.47 Å². The van der Waals surface area contributed by atoms with E-state index in [1.165, 1.54) is 32.4 Å². The fraction of sp³-hybridized carbons (Fsp3) is 0.167. The molecule has 0 N–H and O–H groups in total. The molecule has 0 aromatic heterocycles. The molecular formula is C18H15ClO7. The lowest BCUT2D eigenvalue weighted by Crippen LogP contribution is -2.18. The standard InChI is InChI=1S/C18H15ClO7/c1-23-17(21)11-7-12(18(22)24-2)9-13(8-11)26-16(20)10-25-15-6-4-3-5-14(15)19/h3-9H,10H2,1-2H3. The summed E-state index contributed by atoms with van der Waals surface area (Å²) in [5, 5.41) is 0.348. The average molecular weight is 379 g/mol. The minimum atomic E-state index is -0.747. The van der Waals surface area contributed by atoms with Crippen LogP contribution in [0.4, 0.5) is 0 Å². The molecule has 0 aliphatic carbocycles. The quantitative estimate of drug-likeness (QED) is 0.564. The molecule has 0 spiro atoms. The fourth-order valence-corrected chi connectivity index (χ4v) is 2.18. The Morgan fingerprint density at radius 1 is 0.923 bits per heavy atom. The molecule has 8 heteroatoms. The van der Waals surface area contributed by atoms with E-state index in [9.17, 15) is 14.4 Å². The SMILES string of the molecule is COC(=O)c1cc(OC(=O)COc2ccccc2Cl)cc(C(=O)OC)c1. The summed E-state index contributed by atoms with van der Waals surface area (Å²) in [6.45, 7) is -0.417. The summed E-state index contributed by atoms with van der Waals surface area (Å²) < 4.78 is 19.6. The predicted octanol–water partition coefficient (Wildman–Crippen LogP) is 2.90. The first-order valence-electron chi connectivity index (χ1n) is 7.34. The molecular weight excluding hydrogens is 364 g/mol. The second-order valence-corrected chi connectivity index (χ2v) is 5.33. The van der Waals surface area contributed by atoms with Crippen molar-refractivity contribution in [1.29, 1.82) is 0 Å². The van der Waals surface area contributed by atoms with Gasteiger partial charge in [-0.3, -0.25) is 0 Å². The first-order chi connectivity index (χ1) is 12.4. The predicted molar refractivity (Wildman–Crippen MR) is 91.7 cm³/mol. The maximum atomic E-state index is 12.0. The Bertz CT molecular complexity index is 798. The number of para-hydroxylation sites is 1. The Morgan fingerprint density at radius 2 is 1.50 bits per heavy atom. The summed E-state index contributed by atoms with van der Waals surface area (Å²) in [6, 6.07) is 10.5. The van der Waals surface area contributed by atoms with Crippen LogP contribution in [-0.2, 0) is 14.3 Å². The Labute approximate surface area is 154 Å². The maximum Gasteiger partial charge on any atom is 0.349 e. The molecule has 136 valence electrons. The van der Waals surface area contributed by atoms with Crippen molar-refractivity contribution in [3.8, 4) is 11.5 Å². The fourth-order valence-electron chi connectivity index (χ4n) is 1.99. The van der Waals surface area contributed by atoms with E-state index in [1.54, 1.807) is 24.3 Å². The van der Waals surface area contributed by atoms with Gasteiger partial charge >= 0.3 is 17.9 Å². The van der Waals surface area contributed by atoms with Crippen LogP contribution in [0.5, 0.6) is 11.5 Å². The third-order valence-electron chi connectivity index (χ3n) is 3.16. The lowest BCUT2D eigenvalue weighted by molar-refractivity contribution is -0.136. The zero-order valence-electron chi connectivity index (χ0n) is 14.0. The molecule has 0 amide bonds. The first kappa shape index (κ1) is 19.3. The largest absolute Gasteiger partial charge is 0.480 e. The van der Waals surface area contributed by atoms with Crippen LogP contribution in [0.25, 0.3) is 0 Å². The van der Waals surface area contributed by atoms with Crippen molar-refractivity contribution in [3.05, 3.63) is 58.6 Å². The van der Waals surface area contributed by atoms with E-state index in [-0.39, 0.29) is 16.9 Å². The molecule has 0 fully saturated rings. The van der Waals surface area contributed by atoms with Gasteiger partial charge in [0.15, 0.2) is 6.61 Å². The molecule has 0 aliphatic heterocycles. The van der Waals surface area contributed by atoms with Crippen molar-refractivity contribution in [2.24, 2.45) is 0 Å². The van der Waals surface area contributed by atoms with Gasteiger partial charge in [0.05, 0.1) is 30.4 Å². The van der Waals surface area contributed by atoms with E-state index < -0.39 is 24.5 Å². The molecule has 0 unspecified atom stereocenters. The Kier molecular flexibility index (Phi) is 6.57. The summed E-state index contributed by atoms with van der Waals surface area (Å²) in [4.78, 5) is 35.4. The third kappa shape index (κ3) is 4.97. The van der Waals surface area contributed by atoms with Gasteiger partial charge in [-0.15, -0.1) is 0 Å². The number of carbonyl (C=O) groups excluding carboxylic acids is 3. The number of ether oxygens (including phenoxy) is 4. The van der Waals surface area contributed by atoms with Gasteiger partial charge in [-0.1, -0.05) is 23.7 Å². The van der Waals surface area contributed by atoms with Gasteiger partial charge in [0.1, 0.15) is 11.5 Å². The first-order valence-corrected chi connectivity index (χ1v) is 7.72. The smallest absolute Gasteiger partial charge is 0.349 e. The van der Waals surface area contributed by atoms with Gasteiger partial charge < -0.3 is 18.9 Å². The molecule has 26 heavy (non-hydrogen) atoms. The third-order valence-corrected chi connectivity index (χ3v) is 3.47. The number of carbonyl (C=O) groups is 3. The molecule has 2 aromatic carbocycles. The topological polar surface area (TPSA) is 88.1 Å². The van der Waals surface area contributed by atoms with Crippen molar-refractivity contribution >= 4 is 29.5 Å². The molecule has 0 saturated heterocycles. The second kappa shape index (κ2) is 8.87. The molecule has 7 nitrogen and oxygen atoms in total. The van der Waals surface area contributed by atoms with E-state index in [2.05, 4.69) is 9.47 Å². The van der Waals surface area contributed by atoms with E-state index in [0.29, 0.717) is 10.8 Å². The van der Waals surface area contributed by atoms with Gasteiger partial charge in [0.2, 0.25) is 0 Å². The van der Waals surface area contributed by atoms with Crippen LogP contribution in [-0.4, -0.2) is 38.7 Å². The molecule has 2 aromatic rings. The lowest BCUT2D eigenvalue weighted by atomic mass is 10.1. The van der Waals surface area contributed by atoms with Gasteiger partial charge in [-0.2, -0.15) is 0 Å². The van der Waals surface area contributed by atoms with Crippen molar-refractivity contribution < 1.29 is 33.3 Å². The number of hydrogen-bond acceptors (Lipinski definition) is 7. The second-order valence-electron chi connectivity index (χ2n) is 4.92. The molecule has 0 bridgehead atoms. The summed E-state index contributed by atoms with van der Waals surface area (Å²) in [5.41, 5.74) is 0.0652. The zero-order chi connectivity index (χ0) is 19.1. The molecule has 0 heterocycles. The molecule has 0 saturated carbocycles. The van der Waals surface area contributed by atoms with Gasteiger partial charge in [-0.05, 0) is 30.3 Å². The van der Waals surface area contributed by atoms with Crippen LogP contribution in [0.1, 0.15) is 20.7 Å². The number of esters is 3. The zero-order valence-corrected chi connectivity index (χ0v) is 14.7. The normalized spacial score (nSPS) is 9.96. The van der Waals surface area contributed by atoms with E-state index in [1.807, 2.05) is 0 Å². The minimum absolute atomic E-state index is 0.0268. The van der Waals surface area contributed by atoms with Gasteiger partial charge in [0, 0.05) is 0 Å². The van der Waals surface area contributed by atoms with E-state index >= 15 is 0 Å². The summed E-state index contributed by atoms with van der Waals surface area (Å²) in [5.74, 6) is -1.84. The van der Waals surface area contributed by atoms with Crippen LogP contribution in [0.15, 0.2) is 42.5 Å². The number of methoxy groups -OCH3 is 2. The highest BCUT2D eigenvalue weighted by Crippen LogP contribution is 2.23. The van der Waals surface area contributed by atoms with Crippen molar-refractivity contribution in [1.82, 2.24) is 0 Å². The van der Waals surface area contributed by atoms with Gasteiger partial charge in [-0.25, -0.2) is 14.4 Å². The number of hydrogen-bond donors (Lipinski definition) is 0. The average Bonchev–Trinajstić information content (AvgIpc) is 2.65. The molecule has 0 aliphatic rings. The summed E-state index contributed by atoms with van der Waals surface area (Å²) in [6.07, 6.45) is 0. The summed E-state index contributed by atoms with van der Waals surface area (Å²) >= 11 is 5.93. The molecule has 0 radical (unpaired) electrons. The Morgan fingerprint density at radius 3 is 2.04 bits per heavy atom. The van der Waals surface area contributed by atoms with E-state index in [4.69, 9.17) is 21.1 Å². The van der Waals surface area contributed by atoms with Crippen LogP contribution in [0, 0.1) is 0 Å². The molecule has 2 rings (SSSR count). The van der Waals surface area contributed by atoms with Crippen molar-refractivity contribution in [2.45, 2.75) is 0 Å². The maximum absolute atomic E-state index is 12.0. The number of benzene rings is 2. The van der Waals surface area contributed by atoms with Crippen LogP contribution in [0.2, 0.25) is 5.02 Å².